The summed E-state index contributed by atoms with van der Waals surface area (Å²) in [5.41, 5.74) is 6.46. The van der Waals surface area contributed by atoms with Crippen molar-refractivity contribution >= 4 is 27.2 Å². The van der Waals surface area contributed by atoms with Gasteiger partial charge >= 0.3 is 0 Å². The van der Waals surface area contributed by atoms with E-state index >= 15 is 0 Å². The molecule has 2 saturated heterocycles. The van der Waals surface area contributed by atoms with Crippen LogP contribution in [0.4, 0.5) is 5.69 Å². The maximum atomic E-state index is 5.17. The second kappa shape index (κ2) is 7.14. The molecule has 1 aliphatic carbocycles. The maximum absolute atomic E-state index is 5.17. The molecule has 1 aromatic carbocycles. The predicted octanol–water partition coefficient (Wildman–Crippen LogP) is 4.68. The third-order valence-electron chi connectivity index (χ3n) is 6.47. The first-order valence-electron chi connectivity index (χ1n) is 10.8. The predicted molar refractivity (Wildman–Crippen MR) is 121 cm³/mol. The molecule has 0 amide bonds. The first kappa shape index (κ1) is 18.1. The quantitative estimate of drug-likeness (QED) is 0.466. The van der Waals surface area contributed by atoms with Crippen molar-refractivity contribution in [2.75, 3.05) is 31.1 Å². The molecule has 4 aliphatic rings. The molecule has 0 N–H and O–H groups in total. The van der Waals surface area contributed by atoms with Crippen molar-refractivity contribution < 1.29 is 0 Å². The minimum Gasteiger partial charge on any atom is -0.371 e. The van der Waals surface area contributed by atoms with E-state index in [0.29, 0.717) is 0 Å². The van der Waals surface area contributed by atoms with Crippen LogP contribution in [-0.4, -0.2) is 31.2 Å². The Morgan fingerprint density at radius 2 is 2.00 bits per heavy atom. The van der Waals surface area contributed by atoms with Crippen molar-refractivity contribution in [2.24, 2.45) is 5.92 Å². The SMILES string of the molecule is CCc1cc(N2CCCC2)cc2sc3cc(=[N+]4CCC(C)C4)cc(C)c-3nc12. The molecule has 1 atom stereocenters. The molecule has 0 aromatic heterocycles. The molecular weight excluding hydrogens is 362 g/mol. The zero-order chi connectivity index (χ0) is 19.3. The summed E-state index contributed by atoms with van der Waals surface area (Å²) in [7, 11) is 0. The number of hydrogen-bond donors (Lipinski definition) is 0. The van der Waals surface area contributed by atoms with Gasteiger partial charge in [0.05, 0.1) is 20.8 Å². The third kappa shape index (κ3) is 3.12. The Balaban J connectivity index is 1.73. The molecule has 1 unspecified atom stereocenters. The van der Waals surface area contributed by atoms with E-state index < -0.39 is 0 Å². The Bertz CT molecular complexity index is 1080. The van der Waals surface area contributed by atoms with Crippen LogP contribution in [0.25, 0.3) is 20.8 Å². The van der Waals surface area contributed by atoms with E-state index in [4.69, 9.17) is 4.98 Å². The van der Waals surface area contributed by atoms with Crippen LogP contribution in [0.1, 0.15) is 44.2 Å². The molecule has 2 fully saturated rings. The van der Waals surface area contributed by atoms with Gasteiger partial charge in [0.25, 0.3) is 0 Å². The minimum absolute atomic E-state index is 0.796. The average molecular weight is 393 g/mol. The van der Waals surface area contributed by atoms with Gasteiger partial charge in [-0.3, -0.25) is 0 Å². The smallest absolute Gasteiger partial charge is 0.201 e. The number of fused-ring (bicyclic) bond motifs is 2. The van der Waals surface area contributed by atoms with E-state index in [-0.39, 0.29) is 0 Å². The topological polar surface area (TPSA) is 19.1 Å². The van der Waals surface area contributed by atoms with Gasteiger partial charge in [-0.15, -0.1) is 11.3 Å². The fourth-order valence-electron chi connectivity index (χ4n) is 4.81. The van der Waals surface area contributed by atoms with Crippen LogP contribution in [0.5, 0.6) is 0 Å². The molecule has 146 valence electrons. The van der Waals surface area contributed by atoms with E-state index in [9.17, 15) is 0 Å². The number of anilines is 1. The maximum Gasteiger partial charge on any atom is 0.201 e. The molecule has 0 bridgehead atoms. The van der Waals surface area contributed by atoms with Gasteiger partial charge in [0.1, 0.15) is 13.1 Å². The first-order chi connectivity index (χ1) is 13.6. The van der Waals surface area contributed by atoms with Gasteiger partial charge in [0.15, 0.2) is 0 Å². The molecule has 0 saturated carbocycles. The zero-order valence-corrected chi connectivity index (χ0v) is 18.1. The van der Waals surface area contributed by atoms with E-state index in [1.54, 1.807) is 0 Å². The summed E-state index contributed by atoms with van der Waals surface area (Å²) in [6.07, 6.45) is 4.97. The fraction of sp³-hybridized carbons (Fsp3) is 0.500. The molecule has 5 rings (SSSR count). The average Bonchev–Trinajstić information content (AvgIpc) is 3.37. The normalized spacial score (nSPS) is 22.0. The number of nitrogens with zero attached hydrogens (tertiary/aromatic N) is 3. The Kier molecular flexibility index (Phi) is 4.62. The standard InChI is InChI=1S/C24H30N3S/c1-4-18-12-20(26-8-5-6-9-26)14-22-24(18)25-23-17(3)11-19(13-21(23)28-22)27-10-7-16(2)15-27/h11-14,16H,4-10,15H2,1-3H3/q+1. The van der Waals surface area contributed by atoms with Gasteiger partial charge in [0, 0.05) is 43.2 Å². The molecule has 3 aliphatic heterocycles. The number of aromatic nitrogens is 1. The van der Waals surface area contributed by atoms with Crippen LogP contribution in [0.2, 0.25) is 0 Å². The molecule has 28 heavy (non-hydrogen) atoms. The monoisotopic (exact) mass is 392 g/mol. The lowest BCUT2D eigenvalue weighted by Crippen LogP contribution is -2.28. The summed E-state index contributed by atoms with van der Waals surface area (Å²) in [5, 5.41) is 1.37. The summed E-state index contributed by atoms with van der Waals surface area (Å²) in [6, 6.07) is 9.49. The van der Waals surface area contributed by atoms with Gasteiger partial charge in [-0.2, -0.15) is 0 Å². The van der Waals surface area contributed by atoms with Crippen molar-refractivity contribution in [3.05, 3.63) is 40.7 Å². The Morgan fingerprint density at radius 1 is 1.18 bits per heavy atom. The zero-order valence-electron chi connectivity index (χ0n) is 17.3. The van der Waals surface area contributed by atoms with Crippen molar-refractivity contribution in [3.8, 4) is 10.6 Å². The van der Waals surface area contributed by atoms with Crippen LogP contribution in [0, 0.1) is 12.8 Å². The van der Waals surface area contributed by atoms with E-state index in [2.05, 4.69) is 54.5 Å². The Labute approximate surface area is 171 Å². The van der Waals surface area contributed by atoms with Crippen LogP contribution < -0.4 is 14.8 Å². The molecule has 4 heteroatoms. The van der Waals surface area contributed by atoms with Crippen LogP contribution in [-0.2, 0) is 6.42 Å². The molecule has 3 nitrogen and oxygen atoms in total. The van der Waals surface area contributed by atoms with Crippen LogP contribution in [0.3, 0.4) is 0 Å². The minimum atomic E-state index is 0.796. The third-order valence-corrected chi connectivity index (χ3v) is 7.54. The highest BCUT2D eigenvalue weighted by molar-refractivity contribution is 7.21. The summed E-state index contributed by atoms with van der Waals surface area (Å²) >= 11 is 1.93. The van der Waals surface area contributed by atoms with E-state index in [1.165, 1.54) is 88.4 Å². The highest BCUT2D eigenvalue weighted by Gasteiger charge is 2.23. The number of hydrogen-bond acceptors (Lipinski definition) is 3. The molecule has 3 heterocycles. The second-order valence-corrected chi connectivity index (χ2v) is 9.75. The van der Waals surface area contributed by atoms with E-state index in [0.717, 1.165) is 12.3 Å². The first-order valence-corrected chi connectivity index (χ1v) is 11.6. The lowest BCUT2D eigenvalue weighted by molar-refractivity contribution is 0.618. The highest BCUT2D eigenvalue weighted by atomic mass is 32.1. The van der Waals surface area contributed by atoms with Crippen LogP contribution >= 0.6 is 11.3 Å². The van der Waals surface area contributed by atoms with Crippen LogP contribution in [0.15, 0.2) is 24.3 Å². The largest absolute Gasteiger partial charge is 0.371 e. The molecule has 1 aromatic rings. The van der Waals surface area contributed by atoms with Crippen molar-refractivity contribution in [3.63, 3.8) is 0 Å². The summed E-state index contributed by atoms with van der Waals surface area (Å²) in [6.45, 7) is 11.6. The summed E-state index contributed by atoms with van der Waals surface area (Å²) in [4.78, 5) is 9.04. The van der Waals surface area contributed by atoms with E-state index in [1.807, 2.05) is 11.3 Å². The highest BCUT2D eigenvalue weighted by Crippen LogP contribution is 2.36. The lowest BCUT2D eigenvalue weighted by atomic mass is 10.1. The Hall–Kier alpha value is -1.94. The van der Waals surface area contributed by atoms with Gasteiger partial charge in [-0.05, 0) is 49.4 Å². The fourth-order valence-corrected chi connectivity index (χ4v) is 5.99. The lowest BCUT2D eigenvalue weighted by Gasteiger charge is -2.20. The van der Waals surface area contributed by atoms with Crippen molar-refractivity contribution in [2.45, 2.75) is 46.5 Å². The molecule has 0 spiro atoms. The second-order valence-electron chi connectivity index (χ2n) is 8.66. The number of aryl methyl sites for hydroxylation is 2. The van der Waals surface area contributed by atoms with Crippen molar-refractivity contribution in [1.82, 2.24) is 9.56 Å². The van der Waals surface area contributed by atoms with Gasteiger partial charge in [-0.1, -0.05) is 13.8 Å². The molecular formula is C24H30N3S+. The van der Waals surface area contributed by atoms with Crippen molar-refractivity contribution in [1.29, 1.82) is 0 Å². The summed E-state index contributed by atoms with van der Waals surface area (Å²) < 4.78 is 3.88. The summed E-state index contributed by atoms with van der Waals surface area (Å²) in [5.74, 6) is 0.796. The van der Waals surface area contributed by atoms with Gasteiger partial charge < -0.3 is 4.90 Å². The van der Waals surface area contributed by atoms with Gasteiger partial charge in [-0.25, -0.2) is 9.56 Å². The van der Waals surface area contributed by atoms with Gasteiger partial charge in [0.2, 0.25) is 5.36 Å². The number of benzene rings is 2. The Morgan fingerprint density at radius 3 is 2.71 bits per heavy atom. The molecule has 0 radical (unpaired) electrons. The number of rotatable bonds is 2.